The van der Waals surface area contributed by atoms with Gasteiger partial charge in [0, 0.05) is 45.1 Å². The maximum Gasteiger partial charge on any atom is 0.0985 e. The summed E-state index contributed by atoms with van der Waals surface area (Å²) in [7, 11) is 2.01. The van der Waals surface area contributed by atoms with Gasteiger partial charge >= 0.3 is 0 Å². The number of thiophene rings is 2. The molecule has 1 aliphatic heterocycles. The van der Waals surface area contributed by atoms with Gasteiger partial charge in [0.2, 0.25) is 0 Å². The third-order valence-corrected chi connectivity index (χ3v) is 6.72. The number of hydrogen-bond acceptors (Lipinski definition) is 4. The van der Waals surface area contributed by atoms with E-state index in [-0.39, 0.29) is 5.54 Å². The molecule has 1 saturated heterocycles. The molecular formula is C20H20N2S2. The van der Waals surface area contributed by atoms with Crippen LogP contribution in [0.25, 0.3) is 20.5 Å². The Bertz CT molecular complexity index is 916. The SMILES string of the molecule is C=C1C[C@@](C)(c2ccc3scc(-c4cccs4)c3c2)NC(=C)N1C. The Balaban J connectivity index is 1.81. The summed E-state index contributed by atoms with van der Waals surface area (Å²) in [6.45, 7) is 10.6. The molecule has 1 aliphatic rings. The molecule has 0 amide bonds. The Labute approximate surface area is 150 Å². The van der Waals surface area contributed by atoms with Gasteiger partial charge in [0.25, 0.3) is 0 Å². The third-order valence-electron chi connectivity index (χ3n) is 4.85. The summed E-state index contributed by atoms with van der Waals surface area (Å²) >= 11 is 3.60. The molecule has 0 bridgehead atoms. The molecule has 0 saturated carbocycles. The predicted molar refractivity (Wildman–Crippen MR) is 106 cm³/mol. The molecule has 24 heavy (non-hydrogen) atoms. The Morgan fingerprint density at radius 3 is 2.75 bits per heavy atom. The van der Waals surface area contributed by atoms with Crippen LogP contribution in [0.15, 0.2) is 65.8 Å². The summed E-state index contributed by atoms with van der Waals surface area (Å²) in [5.41, 5.74) is 3.52. The quantitative estimate of drug-likeness (QED) is 0.631. The molecule has 1 atom stereocenters. The topological polar surface area (TPSA) is 15.3 Å². The average molecular weight is 353 g/mol. The van der Waals surface area contributed by atoms with Crippen molar-refractivity contribution in [1.29, 1.82) is 0 Å². The first-order chi connectivity index (χ1) is 11.5. The van der Waals surface area contributed by atoms with Crippen LogP contribution in [-0.4, -0.2) is 11.9 Å². The minimum atomic E-state index is -0.177. The number of benzene rings is 1. The van der Waals surface area contributed by atoms with Crippen LogP contribution in [0, 0.1) is 0 Å². The molecule has 0 aliphatic carbocycles. The highest BCUT2D eigenvalue weighted by atomic mass is 32.1. The first-order valence-corrected chi connectivity index (χ1v) is 9.68. The summed E-state index contributed by atoms with van der Waals surface area (Å²) < 4.78 is 1.33. The van der Waals surface area contributed by atoms with Crippen molar-refractivity contribution in [3.8, 4) is 10.4 Å². The zero-order valence-corrected chi connectivity index (χ0v) is 15.6. The molecule has 3 heterocycles. The number of hydrogen-bond donors (Lipinski definition) is 1. The lowest BCUT2D eigenvalue weighted by molar-refractivity contribution is 0.268. The van der Waals surface area contributed by atoms with Crippen molar-refractivity contribution in [3.05, 3.63) is 71.3 Å². The van der Waals surface area contributed by atoms with Crippen LogP contribution in [0.5, 0.6) is 0 Å². The van der Waals surface area contributed by atoms with E-state index in [1.165, 1.54) is 26.1 Å². The second kappa shape index (κ2) is 5.50. The zero-order valence-electron chi connectivity index (χ0n) is 13.9. The van der Waals surface area contributed by atoms with E-state index in [0.29, 0.717) is 0 Å². The van der Waals surface area contributed by atoms with Crippen molar-refractivity contribution >= 4 is 32.8 Å². The van der Waals surface area contributed by atoms with E-state index in [2.05, 4.69) is 66.5 Å². The highest BCUT2D eigenvalue weighted by Crippen LogP contribution is 2.40. The number of fused-ring (bicyclic) bond motifs is 1. The van der Waals surface area contributed by atoms with Crippen molar-refractivity contribution < 1.29 is 0 Å². The van der Waals surface area contributed by atoms with Crippen LogP contribution in [0.3, 0.4) is 0 Å². The molecule has 2 aromatic heterocycles. The van der Waals surface area contributed by atoms with E-state index in [1.54, 1.807) is 11.3 Å². The Morgan fingerprint density at radius 1 is 1.21 bits per heavy atom. The summed E-state index contributed by atoms with van der Waals surface area (Å²) in [5.74, 6) is 0.901. The fourth-order valence-electron chi connectivity index (χ4n) is 3.33. The fourth-order valence-corrected chi connectivity index (χ4v) is 5.11. The van der Waals surface area contributed by atoms with Crippen LogP contribution in [0.4, 0.5) is 0 Å². The molecule has 1 N–H and O–H groups in total. The fraction of sp³-hybridized carbons (Fsp3) is 0.200. The van der Waals surface area contributed by atoms with Gasteiger partial charge in [0.1, 0.15) is 0 Å². The molecule has 1 aromatic carbocycles. The highest BCUT2D eigenvalue weighted by Gasteiger charge is 2.34. The summed E-state index contributed by atoms with van der Waals surface area (Å²) in [6, 6.07) is 11.1. The van der Waals surface area contributed by atoms with Gasteiger partial charge < -0.3 is 10.2 Å². The van der Waals surface area contributed by atoms with E-state index in [9.17, 15) is 0 Å². The van der Waals surface area contributed by atoms with E-state index < -0.39 is 0 Å². The molecule has 0 radical (unpaired) electrons. The lowest BCUT2D eigenvalue weighted by Crippen LogP contribution is -2.48. The highest BCUT2D eigenvalue weighted by molar-refractivity contribution is 7.19. The van der Waals surface area contributed by atoms with E-state index in [4.69, 9.17) is 0 Å². The monoisotopic (exact) mass is 352 g/mol. The maximum absolute atomic E-state index is 4.21. The number of rotatable bonds is 2. The summed E-state index contributed by atoms with van der Waals surface area (Å²) in [5, 5.41) is 9.31. The van der Waals surface area contributed by atoms with E-state index >= 15 is 0 Å². The molecular weight excluding hydrogens is 332 g/mol. The minimum absolute atomic E-state index is 0.177. The van der Waals surface area contributed by atoms with Crippen molar-refractivity contribution in [2.75, 3.05) is 7.05 Å². The van der Waals surface area contributed by atoms with Gasteiger partial charge in [-0.25, -0.2) is 0 Å². The van der Waals surface area contributed by atoms with E-state index in [1.807, 2.05) is 23.3 Å². The molecule has 2 nitrogen and oxygen atoms in total. The number of nitrogens with one attached hydrogen (secondary N) is 1. The second-order valence-corrected chi connectivity index (χ2v) is 8.40. The molecule has 4 heteroatoms. The second-order valence-electron chi connectivity index (χ2n) is 6.54. The Kier molecular flexibility index (Phi) is 3.55. The van der Waals surface area contributed by atoms with Crippen LogP contribution >= 0.6 is 22.7 Å². The van der Waals surface area contributed by atoms with Crippen molar-refractivity contribution in [3.63, 3.8) is 0 Å². The molecule has 0 spiro atoms. The van der Waals surface area contributed by atoms with Gasteiger partial charge in [0.05, 0.1) is 11.4 Å². The zero-order chi connectivity index (χ0) is 16.9. The molecule has 4 rings (SSSR count). The van der Waals surface area contributed by atoms with Gasteiger partial charge in [-0.2, -0.15) is 0 Å². The lowest BCUT2D eigenvalue weighted by Gasteiger charge is -2.43. The van der Waals surface area contributed by atoms with Crippen molar-refractivity contribution in [2.24, 2.45) is 0 Å². The van der Waals surface area contributed by atoms with Crippen LogP contribution < -0.4 is 5.32 Å². The van der Waals surface area contributed by atoms with Gasteiger partial charge in [-0.3, -0.25) is 0 Å². The molecule has 122 valence electrons. The van der Waals surface area contributed by atoms with Gasteiger partial charge in [-0.1, -0.05) is 25.3 Å². The largest absolute Gasteiger partial charge is 0.362 e. The smallest absolute Gasteiger partial charge is 0.0985 e. The first-order valence-electron chi connectivity index (χ1n) is 7.92. The Hall–Kier alpha value is -2.04. The lowest BCUT2D eigenvalue weighted by atomic mass is 9.85. The van der Waals surface area contributed by atoms with Crippen molar-refractivity contribution in [2.45, 2.75) is 18.9 Å². The van der Waals surface area contributed by atoms with Crippen molar-refractivity contribution in [1.82, 2.24) is 10.2 Å². The van der Waals surface area contributed by atoms with Gasteiger partial charge in [-0.15, -0.1) is 22.7 Å². The van der Waals surface area contributed by atoms with Gasteiger partial charge in [-0.05, 0) is 36.1 Å². The van der Waals surface area contributed by atoms with E-state index in [0.717, 1.165) is 17.9 Å². The Morgan fingerprint density at radius 2 is 2.04 bits per heavy atom. The standard InChI is InChI=1S/C20H20N2S2/c1-13-11-20(3,21-14(2)22(13)4)15-7-8-19-16(10-15)17(12-24-19)18-6-5-9-23-18/h5-10,12,21H,1-2,11H2,3-4H3/t20-/m0/s1. The molecule has 0 unspecified atom stereocenters. The summed E-state index contributed by atoms with van der Waals surface area (Å²) in [6.07, 6.45) is 0.868. The van der Waals surface area contributed by atoms with Crippen LogP contribution in [-0.2, 0) is 5.54 Å². The summed E-state index contributed by atoms with van der Waals surface area (Å²) in [4.78, 5) is 3.36. The number of nitrogens with zero attached hydrogens (tertiary/aromatic N) is 1. The molecule has 1 fully saturated rings. The van der Waals surface area contributed by atoms with Gasteiger partial charge in [0.15, 0.2) is 0 Å². The normalized spacial score (nSPS) is 21.3. The first kappa shape index (κ1) is 15.5. The predicted octanol–water partition coefficient (Wildman–Crippen LogP) is 5.76. The molecule has 3 aromatic rings. The third kappa shape index (κ3) is 2.38. The van der Waals surface area contributed by atoms with Crippen LogP contribution in [0.1, 0.15) is 18.9 Å². The average Bonchev–Trinajstić information content (AvgIpc) is 3.20. The maximum atomic E-state index is 4.21. The minimum Gasteiger partial charge on any atom is -0.362 e. The van der Waals surface area contributed by atoms with Crippen LogP contribution in [0.2, 0.25) is 0 Å².